The molecule has 1 fully saturated rings. The summed E-state index contributed by atoms with van der Waals surface area (Å²) in [7, 11) is 0. The Bertz CT molecular complexity index is 1130. The van der Waals surface area contributed by atoms with E-state index in [9.17, 15) is 9.59 Å². The van der Waals surface area contributed by atoms with Gasteiger partial charge in [-0.05, 0) is 55.7 Å². The number of rotatable bonds is 7. The molecule has 7 heteroatoms. The zero-order valence-corrected chi connectivity index (χ0v) is 18.7. The van der Waals surface area contributed by atoms with Gasteiger partial charge in [-0.3, -0.25) is 9.59 Å². The second-order valence-electron chi connectivity index (χ2n) is 8.35. The van der Waals surface area contributed by atoms with Gasteiger partial charge in [0.05, 0.1) is 17.8 Å². The summed E-state index contributed by atoms with van der Waals surface area (Å²) in [6, 6.07) is 18.9. The van der Waals surface area contributed by atoms with E-state index >= 15 is 0 Å². The highest BCUT2D eigenvalue weighted by atomic mass is 16.5. The highest BCUT2D eigenvalue weighted by molar-refractivity contribution is 6.04. The molecule has 170 valence electrons. The summed E-state index contributed by atoms with van der Waals surface area (Å²) in [5.41, 5.74) is 8.81. The lowest BCUT2D eigenvalue weighted by Gasteiger charge is -2.32. The molecule has 7 nitrogen and oxygen atoms in total. The molecule has 0 spiro atoms. The van der Waals surface area contributed by atoms with Crippen LogP contribution in [0.15, 0.2) is 66.9 Å². The molecule has 0 aliphatic carbocycles. The maximum atomic E-state index is 12.7. The number of pyridine rings is 1. The summed E-state index contributed by atoms with van der Waals surface area (Å²) in [6.45, 7) is 3.88. The zero-order chi connectivity index (χ0) is 23.2. The Hall–Kier alpha value is -3.87. The van der Waals surface area contributed by atoms with Crippen LogP contribution in [0.1, 0.15) is 34.3 Å². The Kier molecular flexibility index (Phi) is 6.88. The number of benzene rings is 2. The molecule has 3 N–H and O–H groups in total. The average molecular weight is 445 g/mol. The van der Waals surface area contributed by atoms with Gasteiger partial charge in [0.2, 0.25) is 5.91 Å². The number of carbonyl (C=O) groups is 2. The predicted octanol–water partition coefficient (Wildman–Crippen LogP) is 3.92. The Morgan fingerprint density at radius 1 is 1.15 bits per heavy atom. The van der Waals surface area contributed by atoms with E-state index < -0.39 is 0 Å². The van der Waals surface area contributed by atoms with Crippen molar-refractivity contribution in [1.82, 2.24) is 4.98 Å². The molecule has 1 unspecified atom stereocenters. The lowest BCUT2D eigenvalue weighted by Crippen LogP contribution is -2.41. The number of nitrogens with one attached hydrogen (secondary N) is 1. The van der Waals surface area contributed by atoms with Crippen LogP contribution >= 0.6 is 0 Å². The third kappa shape index (κ3) is 5.88. The standard InChI is InChI=1S/C26H28N4O3/c1-18-5-2-6-19(13-18)17-33-23-9-3-7-20(14-23)26(32)29-22-10-11-24(28-15-22)30-12-4-8-21(16-30)25(27)31/h2-3,5-7,9-11,13-15,21H,4,8,12,16-17H2,1H3,(H2,27,31)(H,29,32). The molecule has 2 aromatic carbocycles. The van der Waals surface area contributed by atoms with E-state index in [1.165, 1.54) is 5.56 Å². The summed E-state index contributed by atoms with van der Waals surface area (Å²) in [6.07, 6.45) is 3.34. The van der Waals surface area contributed by atoms with Gasteiger partial charge in [-0.25, -0.2) is 4.98 Å². The van der Waals surface area contributed by atoms with Crippen LogP contribution in [0.25, 0.3) is 0 Å². The molecule has 0 bridgehead atoms. The minimum absolute atomic E-state index is 0.152. The summed E-state index contributed by atoms with van der Waals surface area (Å²) in [5, 5.41) is 2.87. The van der Waals surface area contributed by atoms with Crippen molar-refractivity contribution in [2.75, 3.05) is 23.3 Å². The second-order valence-corrected chi connectivity index (χ2v) is 8.35. The highest BCUT2D eigenvalue weighted by Gasteiger charge is 2.24. The zero-order valence-electron chi connectivity index (χ0n) is 18.7. The van der Waals surface area contributed by atoms with Crippen molar-refractivity contribution in [2.24, 2.45) is 11.7 Å². The SMILES string of the molecule is Cc1cccc(COc2cccc(C(=O)Nc3ccc(N4CCCC(C(N)=O)C4)nc3)c2)c1. The third-order valence-electron chi connectivity index (χ3n) is 5.74. The molecule has 0 saturated carbocycles. The Balaban J connectivity index is 1.36. The summed E-state index contributed by atoms with van der Waals surface area (Å²) >= 11 is 0. The lowest BCUT2D eigenvalue weighted by molar-refractivity contribution is -0.122. The van der Waals surface area contributed by atoms with Gasteiger partial charge < -0.3 is 20.7 Å². The van der Waals surface area contributed by atoms with E-state index in [1.54, 1.807) is 24.4 Å². The monoisotopic (exact) mass is 444 g/mol. The number of aromatic nitrogens is 1. The molecular formula is C26H28N4O3. The maximum absolute atomic E-state index is 12.7. The number of hydrogen-bond donors (Lipinski definition) is 2. The Morgan fingerprint density at radius 2 is 2.00 bits per heavy atom. The van der Waals surface area contributed by atoms with Crippen molar-refractivity contribution in [3.8, 4) is 5.75 Å². The van der Waals surface area contributed by atoms with Crippen molar-refractivity contribution in [2.45, 2.75) is 26.4 Å². The fourth-order valence-electron chi connectivity index (χ4n) is 3.96. The fraction of sp³-hybridized carbons (Fsp3) is 0.269. The van der Waals surface area contributed by atoms with Crippen LogP contribution in [-0.2, 0) is 11.4 Å². The number of hydrogen-bond acceptors (Lipinski definition) is 5. The molecule has 3 aromatic rings. The van der Waals surface area contributed by atoms with Crippen LogP contribution in [0, 0.1) is 12.8 Å². The van der Waals surface area contributed by atoms with Gasteiger partial charge in [0.15, 0.2) is 0 Å². The van der Waals surface area contributed by atoms with Crippen LogP contribution in [0.2, 0.25) is 0 Å². The molecule has 0 radical (unpaired) electrons. The fourth-order valence-corrected chi connectivity index (χ4v) is 3.96. The highest BCUT2D eigenvalue weighted by Crippen LogP contribution is 2.23. The quantitative estimate of drug-likeness (QED) is 0.576. The van der Waals surface area contributed by atoms with E-state index in [0.717, 1.165) is 30.8 Å². The van der Waals surface area contributed by atoms with E-state index in [-0.39, 0.29) is 17.7 Å². The van der Waals surface area contributed by atoms with E-state index in [0.29, 0.717) is 30.2 Å². The molecule has 1 aliphatic heterocycles. The smallest absolute Gasteiger partial charge is 0.255 e. The van der Waals surface area contributed by atoms with Crippen molar-refractivity contribution in [3.63, 3.8) is 0 Å². The number of aryl methyl sites for hydroxylation is 1. The number of primary amides is 1. The van der Waals surface area contributed by atoms with E-state index in [4.69, 9.17) is 10.5 Å². The van der Waals surface area contributed by atoms with Gasteiger partial charge in [0.1, 0.15) is 18.2 Å². The lowest BCUT2D eigenvalue weighted by atomic mass is 9.97. The maximum Gasteiger partial charge on any atom is 0.255 e. The Morgan fingerprint density at radius 3 is 2.76 bits per heavy atom. The first-order chi connectivity index (χ1) is 16.0. The van der Waals surface area contributed by atoms with Crippen LogP contribution in [0.3, 0.4) is 0 Å². The molecule has 2 heterocycles. The molecule has 1 aliphatic rings. The first-order valence-corrected chi connectivity index (χ1v) is 11.1. The molecule has 33 heavy (non-hydrogen) atoms. The topological polar surface area (TPSA) is 97.5 Å². The summed E-state index contributed by atoms with van der Waals surface area (Å²) < 4.78 is 5.87. The van der Waals surface area contributed by atoms with Crippen LogP contribution < -0.4 is 20.7 Å². The van der Waals surface area contributed by atoms with Crippen molar-refractivity contribution in [1.29, 1.82) is 0 Å². The second kappa shape index (κ2) is 10.2. The number of nitrogens with zero attached hydrogens (tertiary/aromatic N) is 2. The van der Waals surface area contributed by atoms with Crippen molar-refractivity contribution >= 4 is 23.3 Å². The van der Waals surface area contributed by atoms with Gasteiger partial charge in [0, 0.05) is 18.7 Å². The molecule has 4 rings (SSSR count). The van der Waals surface area contributed by atoms with Crippen molar-refractivity contribution in [3.05, 3.63) is 83.6 Å². The molecule has 1 aromatic heterocycles. The number of nitrogens with two attached hydrogens (primary N) is 1. The largest absolute Gasteiger partial charge is 0.489 e. The molecule has 1 atom stereocenters. The number of carbonyl (C=O) groups excluding carboxylic acids is 2. The van der Waals surface area contributed by atoms with Crippen LogP contribution in [0.4, 0.5) is 11.5 Å². The van der Waals surface area contributed by atoms with Gasteiger partial charge in [-0.2, -0.15) is 0 Å². The number of ether oxygens (including phenoxy) is 1. The molecule has 2 amide bonds. The van der Waals surface area contributed by atoms with Gasteiger partial charge in [0.25, 0.3) is 5.91 Å². The van der Waals surface area contributed by atoms with Gasteiger partial charge >= 0.3 is 0 Å². The first kappa shape index (κ1) is 22.3. The van der Waals surface area contributed by atoms with Crippen LogP contribution in [0.5, 0.6) is 5.75 Å². The minimum atomic E-state index is -0.270. The number of amides is 2. The first-order valence-electron chi connectivity index (χ1n) is 11.1. The number of anilines is 2. The normalized spacial score (nSPS) is 15.7. The predicted molar refractivity (Wildman–Crippen MR) is 128 cm³/mol. The van der Waals surface area contributed by atoms with Gasteiger partial charge in [-0.15, -0.1) is 0 Å². The summed E-state index contributed by atoms with van der Waals surface area (Å²) in [4.78, 5) is 30.8. The van der Waals surface area contributed by atoms with E-state index in [1.807, 2.05) is 43.3 Å². The van der Waals surface area contributed by atoms with Crippen molar-refractivity contribution < 1.29 is 14.3 Å². The third-order valence-corrected chi connectivity index (χ3v) is 5.74. The van der Waals surface area contributed by atoms with Crippen LogP contribution in [-0.4, -0.2) is 29.9 Å². The Labute approximate surface area is 193 Å². The summed E-state index contributed by atoms with van der Waals surface area (Å²) in [5.74, 6) is 0.739. The number of piperidine rings is 1. The minimum Gasteiger partial charge on any atom is -0.489 e. The van der Waals surface area contributed by atoms with E-state index in [2.05, 4.69) is 21.3 Å². The average Bonchev–Trinajstić information content (AvgIpc) is 2.83. The molecule has 1 saturated heterocycles. The molecular weight excluding hydrogens is 416 g/mol. The van der Waals surface area contributed by atoms with Gasteiger partial charge in [-0.1, -0.05) is 35.9 Å².